The molecule has 1 aliphatic carbocycles. The molecule has 0 atom stereocenters. The second kappa shape index (κ2) is 5.20. The molecule has 0 unspecified atom stereocenters. The SMILES string of the molecule is CCn1c(NC(C)C)nc2sc3c(c2c1=O)CCCC3. The number of anilines is 1. The van der Waals surface area contributed by atoms with Crippen molar-refractivity contribution in [1.82, 2.24) is 9.55 Å². The Labute approximate surface area is 122 Å². The fourth-order valence-electron chi connectivity index (χ4n) is 2.90. The molecule has 2 aromatic heterocycles. The number of aryl methyl sites for hydroxylation is 2. The van der Waals surface area contributed by atoms with Gasteiger partial charge in [-0.2, -0.15) is 0 Å². The van der Waals surface area contributed by atoms with Crippen LogP contribution in [0, 0.1) is 0 Å². The standard InChI is InChI=1S/C15H21N3OS/c1-4-18-14(19)12-10-7-5-6-8-11(10)20-13(12)17-15(18)16-9(2)3/h9H,4-8H2,1-3H3,(H,16,17). The second-order valence-corrected chi connectivity index (χ2v) is 6.76. The van der Waals surface area contributed by atoms with Gasteiger partial charge < -0.3 is 5.32 Å². The maximum absolute atomic E-state index is 12.8. The predicted molar refractivity (Wildman–Crippen MR) is 85.0 cm³/mol. The molecular formula is C15H21N3OS. The smallest absolute Gasteiger partial charge is 0.263 e. The molecule has 0 spiro atoms. The van der Waals surface area contributed by atoms with E-state index >= 15 is 0 Å². The van der Waals surface area contributed by atoms with Gasteiger partial charge in [0.15, 0.2) is 0 Å². The number of rotatable bonds is 3. The van der Waals surface area contributed by atoms with Gasteiger partial charge >= 0.3 is 0 Å². The lowest BCUT2D eigenvalue weighted by Gasteiger charge is -2.15. The number of nitrogens with zero attached hydrogens (tertiary/aromatic N) is 2. The maximum Gasteiger partial charge on any atom is 0.263 e. The lowest BCUT2D eigenvalue weighted by molar-refractivity contribution is 0.693. The number of hydrogen-bond acceptors (Lipinski definition) is 4. The summed E-state index contributed by atoms with van der Waals surface area (Å²) in [4.78, 5) is 19.8. The lowest BCUT2D eigenvalue weighted by Crippen LogP contribution is -2.26. The van der Waals surface area contributed by atoms with Crippen molar-refractivity contribution in [2.75, 3.05) is 5.32 Å². The Morgan fingerprint density at radius 3 is 2.80 bits per heavy atom. The van der Waals surface area contributed by atoms with E-state index in [0.29, 0.717) is 12.5 Å². The molecule has 2 heterocycles. The predicted octanol–water partition coefficient (Wildman–Crippen LogP) is 3.18. The van der Waals surface area contributed by atoms with Crippen molar-refractivity contribution in [2.45, 2.75) is 59.0 Å². The van der Waals surface area contributed by atoms with Crippen LogP contribution in [0.25, 0.3) is 10.2 Å². The highest BCUT2D eigenvalue weighted by Crippen LogP contribution is 2.34. The monoisotopic (exact) mass is 291 g/mol. The molecule has 4 nitrogen and oxygen atoms in total. The third-order valence-corrected chi connectivity index (χ3v) is 4.99. The minimum absolute atomic E-state index is 0.125. The van der Waals surface area contributed by atoms with Gasteiger partial charge in [-0.25, -0.2) is 4.98 Å². The van der Waals surface area contributed by atoms with Crippen LogP contribution in [0.4, 0.5) is 5.95 Å². The average Bonchev–Trinajstić information content (AvgIpc) is 2.76. The van der Waals surface area contributed by atoms with E-state index in [-0.39, 0.29) is 11.6 Å². The van der Waals surface area contributed by atoms with Crippen LogP contribution in [0.2, 0.25) is 0 Å². The Hall–Kier alpha value is -1.36. The Morgan fingerprint density at radius 2 is 2.10 bits per heavy atom. The first-order valence-electron chi connectivity index (χ1n) is 7.43. The molecule has 0 amide bonds. The molecule has 0 aliphatic heterocycles. The number of aromatic nitrogens is 2. The van der Waals surface area contributed by atoms with Crippen molar-refractivity contribution < 1.29 is 0 Å². The van der Waals surface area contributed by atoms with Crippen molar-refractivity contribution in [3.63, 3.8) is 0 Å². The molecule has 0 bridgehead atoms. The van der Waals surface area contributed by atoms with E-state index < -0.39 is 0 Å². The van der Waals surface area contributed by atoms with Crippen LogP contribution in [0.3, 0.4) is 0 Å². The molecule has 108 valence electrons. The van der Waals surface area contributed by atoms with Crippen molar-refractivity contribution in [2.24, 2.45) is 0 Å². The first kappa shape index (κ1) is 13.6. The van der Waals surface area contributed by atoms with E-state index in [1.807, 2.05) is 6.92 Å². The van der Waals surface area contributed by atoms with Crippen molar-refractivity contribution in [1.29, 1.82) is 0 Å². The summed E-state index contributed by atoms with van der Waals surface area (Å²) in [6.45, 7) is 6.78. The summed E-state index contributed by atoms with van der Waals surface area (Å²) in [5.74, 6) is 0.707. The van der Waals surface area contributed by atoms with Crippen LogP contribution in [0.15, 0.2) is 4.79 Å². The highest BCUT2D eigenvalue weighted by Gasteiger charge is 2.21. The van der Waals surface area contributed by atoms with E-state index in [1.54, 1.807) is 15.9 Å². The Morgan fingerprint density at radius 1 is 1.35 bits per heavy atom. The van der Waals surface area contributed by atoms with Gasteiger partial charge in [-0.15, -0.1) is 11.3 Å². The van der Waals surface area contributed by atoms with E-state index in [0.717, 1.165) is 23.1 Å². The lowest BCUT2D eigenvalue weighted by atomic mass is 9.97. The molecule has 0 saturated heterocycles. The normalized spacial score (nSPS) is 14.8. The molecule has 2 aromatic rings. The summed E-state index contributed by atoms with van der Waals surface area (Å²) in [5, 5.41) is 4.17. The Balaban J connectivity index is 2.26. The van der Waals surface area contributed by atoms with Gasteiger partial charge in [0.05, 0.1) is 5.39 Å². The topological polar surface area (TPSA) is 46.9 Å². The first-order valence-corrected chi connectivity index (χ1v) is 8.25. The molecule has 5 heteroatoms. The summed E-state index contributed by atoms with van der Waals surface area (Å²) >= 11 is 1.71. The number of fused-ring (bicyclic) bond motifs is 3. The number of nitrogens with one attached hydrogen (secondary N) is 1. The van der Waals surface area contributed by atoms with E-state index in [4.69, 9.17) is 4.98 Å². The number of hydrogen-bond donors (Lipinski definition) is 1. The van der Waals surface area contributed by atoms with Gasteiger partial charge in [0, 0.05) is 17.5 Å². The van der Waals surface area contributed by atoms with Gasteiger partial charge in [0.1, 0.15) is 4.83 Å². The largest absolute Gasteiger partial charge is 0.353 e. The average molecular weight is 291 g/mol. The fourth-order valence-corrected chi connectivity index (χ4v) is 4.15. The van der Waals surface area contributed by atoms with Crippen LogP contribution in [0.1, 0.15) is 44.1 Å². The fraction of sp³-hybridized carbons (Fsp3) is 0.600. The van der Waals surface area contributed by atoms with Crippen LogP contribution in [0.5, 0.6) is 0 Å². The molecule has 3 rings (SSSR count). The molecule has 1 aliphatic rings. The molecule has 20 heavy (non-hydrogen) atoms. The third-order valence-electron chi connectivity index (χ3n) is 3.81. The number of thiophene rings is 1. The Kier molecular flexibility index (Phi) is 3.54. The highest BCUT2D eigenvalue weighted by atomic mass is 32.1. The second-order valence-electron chi connectivity index (χ2n) is 5.67. The molecule has 0 aromatic carbocycles. The summed E-state index contributed by atoms with van der Waals surface area (Å²) < 4.78 is 1.77. The van der Waals surface area contributed by atoms with Gasteiger partial charge in [-0.05, 0) is 52.0 Å². The quantitative estimate of drug-likeness (QED) is 0.945. The summed E-state index contributed by atoms with van der Waals surface area (Å²) in [6.07, 6.45) is 4.57. The van der Waals surface area contributed by atoms with Crippen LogP contribution < -0.4 is 10.9 Å². The summed E-state index contributed by atoms with van der Waals surface area (Å²) in [7, 11) is 0. The minimum atomic E-state index is 0.125. The van der Waals surface area contributed by atoms with Crippen molar-refractivity contribution in [3.05, 3.63) is 20.8 Å². The molecule has 0 fully saturated rings. The summed E-state index contributed by atoms with van der Waals surface area (Å²) in [6, 6.07) is 0.270. The van der Waals surface area contributed by atoms with E-state index in [2.05, 4.69) is 19.2 Å². The van der Waals surface area contributed by atoms with Gasteiger partial charge in [0.25, 0.3) is 5.56 Å². The van der Waals surface area contributed by atoms with Gasteiger partial charge in [0.2, 0.25) is 5.95 Å². The zero-order chi connectivity index (χ0) is 14.3. The summed E-state index contributed by atoms with van der Waals surface area (Å²) in [5.41, 5.74) is 1.40. The maximum atomic E-state index is 12.8. The van der Waals surface area contributed by atoms with E-state index in [9.17, 15) is 4.79 Å². The highest BCUT2D eigenvalue weighted by molar-refractivity contribution is 7.18. The van der Waals surface area contributed by atoms with E-state index in [1.165, 1.54) is 23.3 Å². The molecular weight excluding hydrogens is 270 g/mol. The van der Waals surface area contributed by atoms with Gasteiger partial charge in [-0.1, -0.05) is 0 Å². The third kappa shape index (κ3) is 2.14. The molecule has 0 radical (unpaired) electrons. The van der Waals surface area contributed by atoms with Crippen LogP contribution in [-0.2, 0) is 19.4 Å². The van der Waals surface area contributed by atoms with Crippen molar-refractivity contribution in [3.8, 4) is 0 Å². The Bertz CT molecular complexity index is 699. The zero-order valence-corrected chi connectivity index (χ0v) is 13.1. The zero-order valence-electron chi connectivity index (χ0n) is 12.3. The van der Waals surface area contributed by atoms with Crippen molar-refractivity contribution >= 4 is 27.5 Å². The molecule has 0 saturated carbocycles. The minimum Gasteiger partial charge on any atom is -0.353 e. The van der Waals surface area contributed by atoms with Crippen LogP contribution in [-0.4, -0.2) is 15.6 Å². The van der Waals surface area contributed by atoms with Crippen LogP contribution >= 0.6 is 11.3 Å². The first-order chi connectivity index (χ1) is 9.61. The van der Waals surface area contributed by atoms with Gasteiger partial charge in [-0.3, -0.25) is 9.36 Å². The molecule has 1 N–H and O–H groups in total.